The van der Waals surface area contributed by atoms with Gasteiger partial charge in [-0.1, -0.05) is 30.3 Å². The molecule has 2 aromatic carbocycles. The van der Waals surface area contributed by atoms with E-state index in [0.717, 1.165) is 17.7 Å². The van der Waals surface area contributed by atoms with Gasteiger partial charge in [-0.2, -0.15) is 0 Å². The molecule has 0 aromatic heterocycles. The van der Waals surface area contributed by atoms with Crippen LogP contribution < -0.4 is 5.32 Å². The van der Waals surface area contributed by atoms with Crippen LogP contribution in [0.5, 0.6) is 0 Å². The molecule has 0 aliphatic carbocycles. The zero-order valence-electron chi connectivity index (χ0n) is 11.4. The zero-order chi connectivity index (χ0) is 15.4. The third-order valence-electron chi connectivity index (χ3n) is 3.06. The number of carboxylic acid groups (broad SMARTS) is 1. The minimum atomic E-state index is -1.36. The lowest BCUT2D eigenvalue weighted by Crippen LogP contribution is -2.20. The Hall–Kier alpha value is -2.43. The van der Waals surface area contributed by atoms with Gasteiger partial charge in [0.05, 0.1) is 5.56 Å². The summed E-state index contributed by atoms with van der Waals surface area (Å²) in [5.41, 5.74) is 0.329. The second kappa shape index (κ2) is 6.35. The average Bonchev–Trinajstić information content (AvgIpc) is 2.43. The van der Waals surface area contributed by atoms with Crippen molar-refractivity contribution in [1.29, 1.82) is 0 Å². The van der Waals surface area contributed by atoms with E-state index in [2.05, 4.69) is 5.32 Å². The van der Waals surface area contributed by atoms with Crippen LogP contribution in [0.1, 0.15) is 22.8 Å². The summed E-state index contributed by atoms with van der Waals surface area (Å²) in [6.45, 7) is 1.80. The van der Waals surface area contributed by atoms with Crippen molar-refractivity contribution in [3.05, 3.63) is 65.2 Å². The molecule has 0 heterocycles. The average molecular weight is 291 g/mol. The Morgan fingerprint density at radius 3 is 2.29 bits per heavy atom. The third kappa shape index (κ3) is 3.78. The van der Waals surface area contributed by atoms with Gasteiger partial charge in [0.15, 0.2) is 0 Å². The molecule has 0 bridgehead atoms. The number of benzene rings is 2. The van der Waals surface area contributed by atoms with Crippen LogP contribution in [0.15, 0.2) is 42.5 Å². The van der Waals surface area contributed by atoms with Gasteiger partial charge in [0.25, 0.3) is 0 Å². The van der Waals surface area contributed by atoms with E-state index in [0.29, 0.717) is 6.42 Å². The second-order valence-corrected chi connectivity index (χ2v) is 4.86. The molecule has 0 amide bonds. The monoisotopic (exact) mass is 291 g/mol. The molecule has 0 fully saturated rings. The number of anilines is 1. The number of hydrogen-bond acceptors (Lipinski definition) is 2. The summed E-state index contributed by atoms with van der Waals surface area (Å²) in [6, 6.07) is 11.0. The maximum Gasteiger partial charge on any atom is 0.335 e. The molecule has 1 atom stereocenters. The number of carboxylic acids is 1. The summed E-state index contributed by atoms with van der Waals surface area (Å²) in [5.74, 6) is -3.18. The van der Waals surface area contributed by atoms with E-state index >= 15 is 0 Å². The van der Waals surface area contributed by atoms with Crippen molar-refractivity contribution in [2.45, 2.75) is 19.4 Å². The van der Waals surface area contributed by atoms with E-state index < -0.39 is 23.2 Å². The first-order valence-electron chi connectivity index (χ1n) is 6.50. The largest absolute Gasteiger partial charge is 0.478 e. The van der Waals surface area contributed by atoms with Crippen molar-refractivity contribution in [1.82, 2.24) is 0 Å². The van der Waals surface area contributed by atoms with Crippen LogP contribution in [0.3, 0.4) is 0 Å². The summed E-state index contributed by atoms with van der Waals surface area (Å²) < 4.78 is 27.6. The molecule has 2 rings (SSSR count). The summed E-state index contributed by atoms with van der Waals surface area (Å²) in [6.07, 6.45) is 0.598. The minimum absolute atomic E-state index is 0.202. The van der Waals surface area contributed by atoms with Crippen LogP contribution >= 0.6 is 0 Å². The number of rotatable bonds is 5. The van der Waals surface area contributed by atoms with Crippen LogP contribution in [0.4, 0.5) is 14.5 Å². The normalized spacial score (nSPS) is 12.0. The van der Waals surface area contributed by atoms with Gasteiger partial charge in [-0.25, -0.2) is 13.6 Å². The van der Waals surface area contributed by atoms with E-state index in [1.165, 1.54) is 0 Å². The van der Waals surface area contributed by atoms with Crippen LogP contribution in [0.25, 0.3) is 0 Å². The van der Waals surface area contributed by atoms with Crippen molar-refractivity contribution in [3.63, 3.8) is 0 Å². The van der Waals surface area contributed by atoms with E-state index in [4.69, 9.17) is 5.11 Å². The molecule has 0 aliphatic rings. The summed E-state index contributed by atoms with van der Waals surface area (Å²) in [5, 5.41) is 11.5. The highest BCUT2D eigenvalue weighted by molar-refractivity contribution is 5.88. The molecule has 0 spiro atoms. The Bertz CT molecular complexity index is 621. The molecule has 3 nitrogen and oxygen atoms in total. The number of nitrogens with one attached hydrogen (secondary N) is 1. The standard InChI is InChI=1S/C16H15F2NO2/c1-10(7-11-5-3-2-4-6-11)19-15-13(17)8-12(16(20)21)9-14(15)18/h2-6,8-10,19H,7H2,1H3,(H,20,21). The minimum Gasteiger partial charge on any atom is -0.478 e. The first kappa shape index (κ1) is 15.0. The first-order valence-corrected chi connectivity index (χ1v) is 6.50. The van der Waals surface area contributed by atoms with Crippen LogP contribution in [-0.4, -0.2) is 17.1 Å². The smallest absolute Gasteiger partial charge is 0.335 e. The highest BCUT2D eigenvalue weighted by atomic mass is 19.1. The van der Waals surface area contributed by atoms with E-state index in [-0.39, 0.29) is 11.7 Å². The number of halogens is 2. The van der Waals surface area contributed by atoms with Crippen molar-refractivity contribution >= 4 is 11.7 Å². The molecule has 0 saturated carbocycles. The van der Waals surface area contributed by atoms with E-state index in [1.807, 2.05) is 30.3 Å². The Kier molecular flexibility index (Phi) is 4.52. The molecule has 0 aliphatic heterocycles. The zero-order valence-corrected chi connectivity index (χ0v) is 11.4. The number of carbonyl (C=O) groups is 1. The lowest BCUT2D eigenvalue weighted by atomic mass is 10.1. The first-order chi connectivity index (χ1) is 9.97. The lowest BCUT2D eigenvalue weighted by Gasteiger charge is -2.17. The predicted molar refractivity (Wildman–Crippen MR) is 76.5 cm³/mol. The number of aromatic carboxylic acids is 1. The fraction of sp³-hybridized carbons (Fsp3) is 0.188. The van der Waals surface area contributed by atoms with Crippen LogP contribution in [-0.2, 0) is 6.42 Å². The maximum atomic E-state index is 13.8. The SMILES string of the molecule is CC(Cc1ccccc1)Nc1c(F)cc(C(=O)O)cc1F. The van der Waals surface area contributed by atoms with Crippen molar-refractivity contribution in [2.24, 2.45) is 0 Å². The number of hydrogen-bond donors (Lipinski definition) is 2. The highest BCUT2D eigenvalue weighted by Gasteiger charge is 2.16. The molecule has 2 aromatic rings. The summed E-state index contributed by atoms with van der Waals surface area (Å²) in [4.78, 5) is 10.7. The Labute approximate surface area is 121 Å². The lowest BCUT2D eigenvalue weighted by molar-refractivity contribution is 0.0696. The molecule has 21 heavy (non-hydrogen) atoms. The molecule has 2 N–H and O–H groups in total. The van der Waals surface area contributed by atoms with E-state index in [1.54, 1.807) is 6.92 Å². The van der Waals surface area contributed by atoms with Gasteiger partial charge in [-0.3, -0.25) is 0 Å². The van der Waals surface area contributed by atoms with Crippen LogP contribution in [0, 0.1) is 11.6 Å². The van der Waals surface area contributed by atoms with Gasteiger partial charge in [-0.05, 0) is 31.0 Å². The quantitative estimate of drug-likeness (QED) is 0.883. The van der Waals surface area contributed by atoms with E-state index in [9.17, 15) is 13.6 Å². The molecular weight excluding hydrogens is 276 g/mol. The molecular formula is C16H15F2NO2. The fourth-order valence-electron chi connectivity index (χ4n) is 2.10. The maximum absolute atomic E-state index is 13.8. The van der Waals surface area contributed by atoms with Gasteiger partial charge in [-0.15, -0.1) is 0 Å². The predicted octanol–water partition coefficient (Wildman–Crippen LogP) is 3.71. The summed E-state index contributed by atoms with van der Waals surface area (Å²) >= 11 is 0. The van der Waals surface area contributed by atoms with Gasteiger partial charge >= 0.3 is 5.97 Å². The fourth-order valence-corrected chi connectivity index (χ4v) is 2.10. The molecule has 5 heteroatoms. The Morgan fingerprint density at radius 1 is 1.19 bits per heavy atom. The van der Waals surface area contributed by atoms with Gasteiger partial charge in [0.2, 0.25) is 0 Å². The van der Waals surface area contributed by atoms with Gasteiger partial charge in [0, 0.05) is 6.04 Å². The topological polar surface area (TPSA) is 49.3 Å². The van der Waals surface area contributed by atoms with Gasteiger partial charge in [0.1, 0.15) is 17.3 Å². The van der Waals surface area contributed by atoms with Gasteiger partial charge < -0.3 is 10.4 Å². The Balaban J connectivity index is 2.14. The molecule has 110 valence electrons. The summed E-state index contributed by atoms with van der Waals surface area (Å²) in [7, 11) is 0. The third-order valence-corrected chi connectivity index (χ3v) is 3.06. The molecule has 1 unspecified atom stereocenters. The van der Waals surface area contributed by atoms with Crippen molar-refractivity contribution < 1.29 is 18.7 Å². The molecule has 0 radical (unpaired) electrons. The molecule has 0 saturated heterocycles. The van der Waals surface area contributed by atoms with Crippen molar-refractivity contribution in [2.75, 3.05) is 5.32 Å². The second-order valence-electron chi connectivity index (χ2n) is 4.86. The highest BCUT2D eigenvalue weighted by Crippen LogP contribution is 2.22. The van der Waals surface area contributed by atoms with Crippen molar-refractivity contribution in [3.8, 4) is 0 Å². The van der Waals surface area contributed by atoms with Crippen LogP contribution in [0.2, 0.25) is 0 Å². The Morgan fingerprint density at radius 2 is 1.76 bits per heavy atom.